The van der Waals surface area contributed by atoms with Crippen molar-refractivity contribution in [2.45, 2.75) is 58.9 Å². The lowest BCUT2D eigenvalue weighted by molar-refractivity contribution is 0.196. The topological polar surface area (TPSA) is 29.4 Å². The lowest BCUT2D eigenvalue weighted by Crippen LogP contribution is -2.34. The highest BCUT2D eigenvalue weighted by Gasteiger charge is 2.38. The first-order valence-corrected chi connectivity index (χ1v) is 5.86. The molecule has 0 heterocycles. The molecule has 0 bridgehead atoms. The van der Waals surface area contributed by atoms with Gasteiger partial charge in [-0.3, -0.25) is 0 Å². The second kappa shape index (κ2) is 4.85. The van der Waals surface area contributed by atoms with Crippen molar-refractivity contribution in [3.8, 4) is 0 Å². The summed E-state index contributed by atoms with van der Waals surface area (Å²) < 4.78 is 0. The Bertz CT molecular complexity index is 251. The summed E-state index contributed by atoms with van der Waals surface area (Å²) >= 11 is 0. The number of rotatable bonds is 3. The fourth-order valence-corrected chi connectivity index (χ4v) is 2.56. The van der Waals surface area contributed by atoms with Crippen LogP contribution in [0.2, 0.25) is 0 Å². The van der Waals surface area contributed by atoms with E-state index in [1.54, 1.807) is 6.08 Å². The molecule has 0 amide bonds. The highest BCUT2D eigenvalue weighted by Crippen LogP contribution is 2.40. The predicted octanol–water partition coefficient (Wildman–Crippen LogP) is 3.52. The summed E-state index contributed by atoms with van der Waals surface area (Å²) in [7, 11) is 0. The van der Waals surface area contributed by atoms with Gasteiger partial charge in [-0.05, 0) is 45.4 Å². The zero-order valence-corrected chi connectivity index (χ0v) is 10.3. The Labute approximate surface area is 93.2 Å². The maximum atomic E-state index is 10.4. The Morgan fingerprint density at radius 1 is 1.33 bits per heavy atom. The van der Waals surface area contributed by atoms with Crippen LogP contribution >= 0.6 is 0 Å². The second-order valence-electron chi connectivity index (χ2n) is 5.49. The molecule has 0 aliphatic heterocycles. The zero-order valence-electron chi connectivity index (χ0n) is 10.3. The van der Waals surface area contributed by atoms with Crippen LogP contribution in [0, 0.1) is 17.8 Å². The van der Waals surface area contributed by atoms with Gasteiger partial charge in [0.25, 0.3) is 0 Å². The van der Waals surface area contributed by atoms with Crippen LogP contribution in [0.5, 0.6) is 0 Å². The number of hydrogen-bond acceptors (Lipinski definition) is 2. The number of nitrogens with zero attached hydrogens (tertiary/aromatic N) is 1. The summed E-state index contributed by atoms with van der Waals surface area (Å²) in [4.78, 5) is 14.3. The Hall–Kier alpha value is -0.750. The zero-order chi connectivity index (χ0) is 11.5. The van der Waals surface area contributed by atoms with Crippen molar-refractivity contribution in [3.63, 3.8) is 0 Å². The third-order valence-electron chi connectivity index (χ3n) is 3.82. The normalized spacial score (nSPS) is 26.9. The minimum atomic E-state index is -0.226. The standard InChI is InChI=1S/C13H22NO/c1-10(2)11-6-5-7-12(8-11)13(3,4)14-9-15/h11-12H,5-8H2,1-4H3/q+1. The van der Waals surface area contributed by atoms with Gasteiger partial charge in [0.05, 0.1) is 31.2 Å². The molecule has 2 heteroatoms. The van der Waals surface area contributed by atoms with Crippen LogP contribution in [0.4, 0.5) is 0 Å². The van der Waals surface area contributed by atoms with Crippen LogP contribution in [-0.4, -0.2) is 11.6 Å². The van der Waals surface area contributed by atoms with E-state index in [9.17, 15) is 4.79 Å². The van der Waals surface area contributed by atoms with Gasteiger partial charge in [0.15, 0.2) is 0 Å². The molecular formula is C13H22NO+. The molecule has 2 atom stereocenters. The van der Waals surface area contributed by atoms with E-state index < -0.39 is 0 Å². The Morgan fingerprint density at radius 3 is 2.53 bits per heavy atom. The monoisotopic (exact) mass is 208 g/mol. The van der Waals surface area contributed by atoms with Gasteiger partial charge in [0, 0.05) is 0 Å². The molecule has 1 rings (SSSR count). The maximum Gasteiger partial charge on any atom is 0.235 e. The van der Waals surface area contributed by atoms with Gasteiger partial charge >= 0.3 is 0 Å². The minimum Gasteiger partial charge on any atom is -0.211 e. The number of isocyanates is 1. The summed E-state index contributed by atoms with van der Waals surface area (Å²) in [5.41, 5.74) is -0.226. The Morgan fingerprint density at radius 2 is 2.00 bits per heavy atom. The van der Waals surface area contributed by atoms with Crippen molar-refractivity contribution in [2.24, 2.45) is 16.8 Å². The molecule has 15 heavy (non-hydrogen) atoms. The first-order valence-electron chi connectivity index (χ1n) is 5.86. The predicted molar refractivity (Wildman–Crippen MR) is 62.2 cm³/mol. The third kappa shape index (κ3) is 3.10. The van der Waals surface area contributed by atoms with Crippen molar-refractivity contribution >= 4 is 6.08 Å². The van der Waals surface area contributed by atoms with E-state index >= 15 is 0 Å². The highest BCUT2D eigenvalue weighted by molar-refractivity contribution is 5.34. The van der Waals surface area contributed by atoms with Gasteiger partial charge in [-0.15, -0.1) is 0 Å². The molecule has 1 saturated carbocycles. The highest BCUT2D eigenvalue weighted by atomic mass is 16.1. The number of hydrogen-bond donors (Lipinski definition) is 0. The van der Waals surface area contributed by atoms with Gasteiger partial charge < -0.3 is 0 Å². The minimum absolute atomic E-state index is 0.226. The van der Waals surface area contributed by atoms with Gasteiger partial charge in [0.2, 0.25) is 6.08 Å². The van der Waals surface area contributed by atoms with Crippen molar-refractivity contribution in [1.29, 1.82) is 0 Å². The summed E-state index contributed by atoms with van der Waals surface area (Å²) in [6.07, 6.45) is 6.66. The van der Waals surface area contributed by atoms with Crippen molar-refractivity contribution in [1.82, 2.24) is 0 Å². The van der Waals surface area contributed by atoms with Crippen molar-refractivity contribution in [3.05, 3.63) is 5.92 Å². The molecule has 0 N–H and O–H groups in total. The van der Waals surface area contributed by atoms with Crippen molar-refractivity contribution in [2.75, 3.05) is 0 Å². The summed E-state index contributed by atoms with van der Waals surface area (Å²) in [6.45, 7) is 8.53. The van der Waals surface area contributed by atoms with Crippen molar-refractivity contribution < 1.29 is 4.79 Å². The average Bonchev–Trinajstić information content (AvgIpc) is 2.18. The van der Waals surface area contributed by atoms with Crippen LogP contribution in [0.3, 0.4) is 0 Å². The number of aliphatic imine (C=N–C) groups is 1. The SMILES string of the molecule is C[C+](C)C1CCCC(C(C)(C)N=C=O)C1. The van der Waals surface area contributed by atoms with E-state index in [-0.39, 0.29) is 5.54 Å². The van der Waals surface area contributed by atoms with E-state index in [0.29, 0.717) is 5.92 Å². The first kappa shape index (κ1) is 12.3. The molecule has 2 unspecified atom stereocenters. The van der Waals surface area contributed by atoms with Gasteiger partial charge in [-0.25, -0.2) is 4.79 Å². The lowest BCUT2D eigenvalue weighted by Gasteiger charge is -2.34. The number of carbonyl (C=O) groups excluding carboxylic acids is 1. The average molecular weight is 208 g/mol. The molecule has 1 aliphatic carbocycles. The molecular weight excluding hydrogens is 186 g/mol. The van der Waals surface area contributed by atoms with Crippen LogP contribution < -0.4 is 0 Å². The Kier molecular flexibility index (Phi) is 3.98. The molecule has 1 fully saturated rings. The van der Waals surface area contributed by atoms with E-state index in [4.69, 9.17) is 0 Å². The van der Waals surface area contributed by atoms with E-state index in [1.807, 2.05) is 0 Å². The van der Waals surface area contributed by atoms with Gasteiger partial charge in [0.1, 0.15) is 0 Å². The summed E-state index contributed by atoms with van der Waals surface area (Å²) in [5, 5.41) is 0. The maximum absolute atomic E-state index is 10.4. The van der Waals surface area contributed by atoms with Gasteiger partial charge in [-0.1, -0.05) is 0 Å². The molecule has 1 aliphatic rings. The van der Waals surface area contributed by atoms with Gasteiger partial charge in [-0.2, -0.15) is 4.99 Å². The second-order valence-corrected chi connectivity index (χ2v) is 5.49. The summed E-state index contributed by atoms with van der Waals surface area (Å²) in [6, 6.07) is 0. The molecule has 0 spiro atoms. The van der Waals surface area contributed by atoms with Crippen LogP contribution in [0.25, 0.3) is 0 Å². The van der Waals surface area contributed by atoms with Crippen LogP contribution in [0.15, 0.2) is 4.99 Å². The lowest BCUT2D eigenvalue weighted by atomic mass is 9.70. The van der Waals surface area contributed by atoms with Crippen LogP contribution in [-0.2, 0) is 4.79 Å². The quantitative estimate of drug-likeness (QED) is 0.396. The molecule has 0 radical (unpaired) electrons. The largest absolute Gasteiger partial charge is 0.235 e. The fraction of sp³-hybridized carbons (Fsp3) is 0.846. The molecule has 0 aromatic carbocycles. The van der Waals surface area contributed by atoms with Crippen LogP contribution in [0.1, 0.15) is 53.4 Å². The molecule has 0 saturated heterocycles. The van der Waals surface area contributed by atoms with E-state index in [0.717, 1.165) is 5.92 Å². The van der Waals surface area contributed by atoms with E-state index in [1.165, 1.54) is 31.6 Å². The molecule has 0 aromatic heterocycles. The van der Waals surface area contributed by atoms with E-state index in [2.05, 4.69) is 32.7 Å². The molecule has 2 nitrogen and oxygen atoms in total. The first-order chi connectivity index (χ1) is 6.97. The fourth-order valence-electron chi connectivity index (χ4n) is 2.56. The third-order valence-corrected chi connectivity index (χ3v) is 3.82. The molecule has 84 valence electrons. The smallest absolute Gasteiger partial charge is 0.211 e. The summed E-state index contributed by atoms with van der Waals surface area (Å²) in [5.74, 6) is 2.78. The molecule has 0 aromatic rings. The Balaban J connectivity index is 2.67.